The minimum absolute atomic E-state index is 0.513. The van der Waals surface area contributed by atoms with Crippen LogP contribution in [0.2, 0.25) is 0 Å². The van der Waals surface area contributed by atoms with E-state index in [0.29, 0.717) is 12.5 Å². The third-order valence-electron chi connectivity index (χ3n) is 3.06. The van der Waals surface area contributed by atoms with Crippen LogP contribution in [0.3, 0.4) is 0 Å². The van der Waals surface area contributed by atoms with Gasteiger partial charge in [0.2, 0.25) is 0 Å². The van der Waals surface area contributed by atoms with Crippen molar-refractivity contribution < 1.29 is 0 Å². The van der Waals surface area contributed by atoms with Gasteiger partial charge in [0, 0.05) is 38.9 Å². The zero-order valence-electron chi connectivity index (χ0n) is 12.8. The molecule has 0 aliphatic heterocycles. The second-order valence-electron chi connectivity index (χ2n) is 5.75. The Morgan fingerprint density at radius 1 is 1.26 bits per heavy atom. The van der Waals surface area contributed by atoms with Crippen molar-refractivity contribution in [2.24, 2.45) is 11.7 Å². The van der Waals surface area contributed by atoms with Gasteiger partial charge in [-0.1, -0.05) is 19.9 Å². The smallest absolute Gasteiger partial charge is 0.0584 e. The molecule has 0 aliphatic rings. The number of likely N-dealkylation sites (N-methyl/N-ethyl adjacent to an activating group) is 1. The maximum absolute atomic E-state index is 5.76. The summed E-state index contributed by atoms with van der Waals surface area (Å²) in [5, 5.41) is 0. The first-order valence-corrected chi connectivity index (χ1v) is 7.02. The van der Waals surface area contributed by atoms with Gasteiger partial charge in [-0.15, -0.1) is 0 Å². The van der Waals surface area contributed by atoms with E-state index in [1.807, 2.05) is 12.3 Å². The van der Waals surface area contributed by atoms with Gasteiger partial charge in [0.15, 0.2) is 0 Å². The van der Waals surface area contributed by atoms with E-state index in [9.17, 15) is 0 Å². The summed E-state index contributed by atoms with van der Waals surface area (Å²) in [5.41, 5.74) is 8.03. The number of nitrogens with two attached hydrogens (primary N) is 1. The van der Waals surface area contributed by atoms with Gasteiger partial charge >= 0.3 is 0 Å². The SMILES string of the molecule is CC(C)CN(CCN(C)C)Cc1cccnc1CN. The second kappa shape index (κ2) is 8.25. The second-order valence-corrected chi connectivity index (χ2v) is 5.75. The van der Waals surface area contributed by atoms with E-state index < -0.39 is 0 Å². The molecule has 0 radical (unpaired) electrons. The van der Waals surface area contributed by atoms with E-state index >= 15 is 0 Å². The lowest BCUT2D eigenvalue weighted by atomic mass is 10.1. The number of pyridine rings is 1. The molecule has 0 aliphatic carbocycles. The lowest BCUT2D eigenvalue weighted by Crippen LogP contribution is -2.34. The Balaban J connectivity index is 2.69. The van der Waals surface area contributed by atoms with Crippen LogP contribution in [-0.4, -0.2) is 48.5 Å². The van der Waals surface area contributed by atoms with Crippen molar-refractivity contribution >= 4 is 0 Å². The van der Waals surface area contributed by atoms with Gasteiger partial charge in [-0.25, -0.2) is 0 Å². The fourth-order valence-corrected chi connectivity index (χ4v) is 2.13. The summed E-state index contributed by atoms with van der Waals surface area (Å²) in [5.74, 6) is 0.667. The molecule has 19 heavy (non-hydrogen) atoms. The molecular formula is C15H28N4. The molecule has 1 rings (SSSR count). The number of hydrogen-bond donors (Lipinski definition) is 1. The first kappa shape index (κ1) is 16.1. The zero-order chi connectivity index (χ0) is 14.3. The fourth-order valence-electron chi connectivity index (χ4n) is 2.13. The van der Waals surface area contributed by atoms with Crippen LogP contribution in [-0.2, 0) is 13.1 Å². The Hall–Kier alpha value is -0.970. The van der Waals surface area contributed by atoms with Crippen LogP contribution in [0, 0.1) is 5.92 Å². The summed E-state index contributed by atoms with van der Waals surface area (Å²) < 4.78 is 0. The van der Waals surface area contributed by atoms with Crippen molar-refractivity contribution in [2.75, 3.05) is 33.7 Å². The maximum Gasteiger partial charge on any atom is 0.0584 e. The van der Waals surface area contributed by atoms with Gasteiger partial charge in [-0.2, -0.15) is 0 Å². The Bertz CT molecular complexity index is 363. The van der Waals surface area contributed by atoms with E-state index in [1.165, 1.54) is 5.56 Å². The average Bonchev–Trinajstić information content (AvgIpc) is 2.36. The van der Waals surface area contributed by atoms with Crippen molar-refractivity contribution in [1.29, 1.82) is 0 Å². The van der Waals surface area contributed by atoms with Gasteiger partial charge in [0.25, 0.3) is 0 Å². The number of aromatic nitrogens is 1. The lowest BCUT2D eigenvalue weighted by molar-refractivity contribution is 0.211. The van der Waals surface area contributed by atoms with Gasteiger partial charge in [0.05, 0.1) is 5.69 Å². The first-order chi connectivity index (χ1) is 9.02. The minimum Gasteiger partial charge on any atom is -0.325 e. The molecular weight excluding hydrogens is 236 g/mol. The standard InChI is InChI=1S/C15H28N4/c1-13(2)11-19(9-8-18(3)4)12-14-6-5-7-17-15(14)10-16/h5-7,13H,8-12,16H2,1-4H3. The molecule has 0 spiro atoms. The molecule has 0 unspecified atom stereocenters. The minimum atomic E-state index is 0.513. The summed E-state index contributed by atoms with van der Waals surface area (Å²) in [6.45, 7) is 9.22. The van der Waals surface area contributed by atoms with Crippen LogP contribution in [0.25, 0.3) is 0 Å². The largest absolute Gasteiger partial charge is 0.325 e. The predicted octanol–water partition coefficient (Wildman–Crippen LogP) is 1.56. The maximum atomic E-state index is 5.76. The number of rotatable bonds is 8. The number of hydrogen-bond acceptors (Lipinski definition) is 4. The van der Waals surface area contributed by atoms with Crippen molar-refractivity contribution in [2.45, 2.75) is 26.9 Å². The average molecular weight is 264 g/mol. The van der Waals surface area contributed by atoms with Gasteiger partial charge in [-0.05, 0) is 31.6 Å². The van der Waals surface area contributed by atoms with Gasteiger partial charge < -0.3 is 10.6 Å². The Morgan fingerprint density at radius 3 is 2.58 bits per heavy atom. The van der Waals surface area contributed by atoms with Crippen LogP contribution in [0.5, 0.6) is 0 Å². The summed E-state index contributed by atoms with van der Waals surface area (Å²) in [6, 6.07) is 4.13. The van der Waals surface area contributed by atoms with Crippen molar-refractivity contribution in [3.8, 4) is 0 Å². The topological polar surface area (TPSA) is 45.4 Å². The normalized spacial score (nSPS) is 11.8. The third-order valence-corrected chi connectivity index (χ3v) is 3.06. The summed E-state index contributed by atoms with van der Waals surface area (Å²) in [7, 11) is 4.23. The lowest BCUT2D eigenvalue weighted by Gasteiger charge is -2.26. The van der Waals surface area contributed by atoms with Crippen LogP contribution in [0.4, 0.5) is 0 Å². The summed E-state index contributed by atoms with van der Waals surface area (Å²) in [6.07, 6.45) is 1.82. The van der Waals surface area contributed by atoms with Crippen molar-refractivity contribution in [1.82, 2.24) is 14.8 Å². The Morgan fingerprint density at radius 2 is 2.00 bits per heavy atom. The highest BCUT2D eigenvalue weighted by atomic mass is 15.2. The van der Waals surface area contributed by atoms with E-state index in [2.05, 4.69) is 48.8 Å². The molecule has 0 atom stereocenters. The highest BCUT2D eigenvalue weighted by molar-refractivity contribution is 5.19. The van der Waals surface area contributed by atoms with Crippen LogP contribution >= 0.6 is 0 Å². The van der Waals surface area contributed by atoms with Gasteiger partial charge in [-0.3, -0.25) is 9.88 Å². The molecule has 0 amide bonds. The molecule has 1 aromatic heterocycles. The first-order valence-electron chi connectivity index (χ1n) is 7.02. The van der Waals surface area contributed by atoms with Crippen LogP contribution in [0.1, 0.15) is 25.1 Å². The summed E-state index contributed by atoms with van der Waals surface area (Å²) >= 11 is 0. The highest BCUT2D eigenvalue weighted by Gasteiger charge is 2.11. The fraction of sp³-hybridized carbons (Fsp3) is 0.667. The number of nitrogens with zero attached hydrogens (tertiary/aromatic N) is 3. The van der Waals surface area contributed by atoms with Crippen LogP contribution in [0.15, 0.2) is 18.3 Å². The molecule has 0 bridgehead atoms. The molecule has 1 heterocycles. The molecule has 108 valence electrons. The quantitative estimate of drug-likeness (QED) is 0.774. The highest BCUT2D eigenvalue weighted by Crippen LogP contribution is 2.10. The van der Waals surface area contributed by atoms with E-state index in [1.54, 1.807) is 0 Å². The molecule has 2 N–H and O–H groups in total. The molecule has 0 aromatic carbocycles. The van der Waals surface area contributed by atoms with Crippen LogP contribution < -0.4 is 5.73 Å². The van der Waals surface area contributed by atoms with E-state index in [4.69, 9.17) is 5.73 Å². The third kappa shape index (κ3) is 6.14. The monoisotopic (exact) mass is 264 g/mol. The molecule has 0 saturated carbocycles. The van der Waals surface area contributed by atoms with E-state index in [-0.39, 0.29) is 0 Å². The Kier molecular flexibility index (Phi) is 6.99. The Labute approximate surface area is 117 Å². The molecule has 4 heteroatoms. The zero-order valence-corrected chi connectivity index (χ0v) is 12.8. The van der Waals surface area contributed by atoms with Crippen molar-refractivity contribution in [3.63, 3.8) is 0 Å². The van der Waals surface area contributed by atoms with Crippen molar-refractivity contribution in [3.05, 3.63) is 29.6 Å². The summed E-state index contributed by atoms with van der Waals surface area (Å²) in [4.78, 5) is 9.07. The predicted molar refractivity (Wildman–Crippen MR) is 80.8 cm³/mol. The van der Waals surface area contributed by atoms with Gasteiger partial charge in [0.1, 0.15) is 0 Å². The molecule has 0 fully saturated rings. The molecule has 1 aromatic rings. The molecule has 4 nitrogen and oxygen atoms in total. The molecule has 0 saturated heterocycles. The van der Waals surface area contributed by atoms with E-state index in [0.717, 1.165) is 31.9 Å².